The minimum atomic E-state index is -0.179. The van der Waals surface area contributed by atoms with Crippen molar-refractivity contribution in [2.24, 2.45) is 10.9 Å². The summed E-state index contributed by atoms with van der Waals surface area (Å²) in [5.74, 6) is 1.51. The van der Waals surface area contributed by atoms with Crippen LogP contribution in [0.15, 0.2) is 51.7 Å². The summed E-state index contributed by atoms with van der Waals surface area (Å²) >= 11 is 13.1. The Balaban J connectivity index is 2.00. The molecule has 1 saturated carbocycles. The molecular weight excluding hydrogens is 429 g/mol. The van der Waals surface area contributed by atoms with Gasteiger partial charge in [0, 0.05) is 43.6 Å². The minimum Gasteiger partial charge on any atom is -0.385 e. The van der Waals surface area contributed by atoms with Crippen molar-refractivity contribution in [3.05, 3.63) is 46.7 Å². The van der Waals surface area contributed by atoms with Crippen LogP contribution in [0.5, 0.6) is 0 Å². The van der Waals surface area contributed by atoms with Crippen molar-refractivity contribution < 1.29 is 4.74 Å². The number of alkyl halides is 1. The molecule has 1 aliphatic heterocycles. The fourth-order valence-corrected chi connectivity index (χ4v) is 4.42. The van der Waals surface area contributed by atoms with E-state index in [4.69, 9.17) is 27.9 Å². The lowest BCUT2D eigenvalue weighted by Crippen LogP contribution is -2.35. The van der Waals surface area contributed by atoms with E-state index < -0.39 is 0 Å². The van der Waals surface area contributed by atoms with Gasteiger partial charge in [-0.3, -0.25) is 4.99 Å². The molecule has 0 aromatic carbocycles. The van der Waals surface area contributed by atoms with Gasteiger partial charge in [0.25, 0.3) is 0 Å². The fourth-order valence-electron chi connectivity index (χ4n) is 4.02. The van der Waals surface area contributed by atoms with Gasteiger partial charge in [-0.15, -0.1) is 11.6 Å². The highest BCUT2D eigenvalue weighted by atomic mass is 35.5. The molecule has 1 saturated heterocycles. The summed E-state index contributed by atoms with van der Waals surface area (Å²) in [5.41, 5.74) is 2.78. The molecule has 31 heavy (non-hydrogen) atoms. The van der Waals surface area contributed by atoms with Gasteiger partial charge in [0.05, 0.1) is 5.38 Å². The van der Waals surface area contributed by atoms with E-state index in [0.717, 1.165) is 55.3 Å². The van der Waals surface area contributed by atoms with Gasteiger partial charge in [-0.05, 0) is 74.8 Å². The summed E-state index contributed by atoms with van der Waals surface area (Å²) in [6.07, 6.45) is 14.3. The number of rotatable bonds is 9. The van der Waals surface area contributed by atoms with Crippen LogP contribution in [0.3, 0.4) is 0 Å². The second-order valence-corrected chi connectivity index (χ2v) is 9.63. The molecule has 2 N–H and O–H groups in total. The van der Waals surface area contributed by atoms with E-state index in [1.165, 1.54) is 32.1 Å². The predicted octanol–water partition coefficient (Wildman–Crippen LogP) is 6.09. The van der Waals surface area contributed by atoms with Crippen molar-refractivity contribution in [2.75, 3.05) is 26.8 Å². The Morgan fingerprint density at radius 2 is 1.84 bits per heavy atom. The van der Waals surface area contributed by atoms with E-state index in [1.54, 1.807) is 0 Å². The topological polar surface area (TPSA) is 45.7 Å². The molecule has 0 amide bonds. The Morgan fingerprint density at radius 1 is 1.16 bits per heavy atom. The quantitative estimate of drug-likeness (QED) is 0.186. The third kappa shape index (κ3) is 9.43. The number of nitrogens with zero attached hydrogens (tertiary/aromatic N) is 1. The molecule has 1 heterocycles. The molecule has 1 atom stereocenters. The zero-order valence-electron chi connectivity index (χ0n) is 19.4. The standard InChI is InChI=1S/C25H39Cl2N3O/c1-18(29-17-21-12-14-31-15-13-21)10-11-24(27)19(2)23(20(3)26)16-25(28-4)30-22-8-6-5-7-9-22/h10-11,16,20-22,29H,1,5-9,12-15,17H2,2-4H3,(H,28,30)/b11-10-,23-16-,24-19-. The third-order valence-electron chi connectivity index (χ3n) is 6.10. The van der Waals surface area contributed by atoms with E-state index in [9.17, 15) is 0 Å². The van der Waals surface area contributed by atoms with Crippen molar-refractivity contribution >= 4 is 29.0 Å². The molecule has 174 valence electrons. The van der Waals surface area contributed by atoms with Gasteiger partial charge >= 0.3 is 0 Å². The van der Waals surface area contributed by atoms with Gasteiger partial charge in [0.1, 0.15) is 5.84 Å². The number of amidine groups is 1. The van der Waals surface area contributed by atoms with Crippen LogP contribution < -0.4 is 10.6 Å². The third-order valence-corrected chi connectivity index (χ3v) is 6.74. The van der Waals surface area contributed by atoms with E-state index in [1.807, 2.05) is 39.1 Å². The molecule has 1 unspecified atom stereocenters. The normalized spacial score (nSPS) is 21.7. The first-order valence-corrected chi connectivity index (χ1v) is 12.4. The number of aliphatic imine (C=N–C) groups is 1. The number of ether oxygens (including phenoxy) is 1. The predicted molar refractivity (Wildman–Crippen MR) is 135 cm³/mol. The SMILES string of the molecule is C=C(\C=C/C(Cl)=C(C)/C(=C/C(=NC)NC1CCCCC1)C(C)Cl)NCC1CCOCC1. The van der Waals surface area contributed by atoms with Gasteiger partial charge in [0.15, 0.2) is 0 Å². The zero-order chi connectivity index (χ0) is 22.6. The first-order chi connectivity index (χ1) is 14.9. The molecule has 2 aliphatic rings. The number of hydrogen-bond acceptors (Lipinski definition) is 3. The average molecular weight is 469 g/mol. The lowest BCUT2D eigenvalue weighted by atomic mass is 9.95. The summed E-state index contributed by atoms with van der Waals surface area (Å²) in [7, 11) is 1.81. The van der Waals surface area contributed by atoms with Crippen LogP contribution >= 0.6 is 23.2 Å². The fraction of sp³-hybridized carbons (Fsp3) is 0.640. The van der Waals surface area contributed by atoms with Gasteiger partial charge in [-0.2, -0.15) is 0 Å². The lowest BCUT2D eigenvalue weighted by Gasteiger charge is -2.24. The van der Waals surface area contributed by atoms with Crippen molar-refractivity contribution in [2.45, 2.75) is 70.2 Å². The van der Waals surface area contributed by atoms with E-state index in [2.05, 4.69) is 22.2 Å². The lowest BCUT2D eigenvalue weighted by molar-refractivity contribution is 0.0671. The van der Waals surface area contributed by atoms with Crippen LogP contribution in [-0.2, 0) is 4.74 Å². The molecule has 2 fully saturated rings. The first kappa shape index (κ1) is 26.0. The maximum Gasteiger partial charge on any atom is 0.121 e. The van der Waals surface area contributed by atoms with Crippen LogP contribution in [0.4, 0.5) is 0 Å². The molecule has 0 radical (unpaired) electrons. The molecule has 0 aromatic rings. The van der Waals surface area contributed by atoms with Crippen LogP contribution in [0.2, 0.25) is 0 Å². The Labute approximate surface area is 198 Å². The van der Waals surface area contributed by atoms with Gasteiger partial charge in [-0.25, -0.2) is 0 Å². The van der Waals surface area contributed by atoms with Crippen LogP contribution in [0.1, 0.15) is 58.8 Å². The van der Waals surface area contributed by atoms with Gasteiger partial charge < -0.3 is 15.4 Å². The molecule has 2 rings (SSSR count). The number of allylic oxidation sites excluding steroid dienone is 5. The molecule has 0 bridgehead atoms. The van der Waals surface area contributed by atoms with Crippen molar-refractivity contribution in [1.82, 2.24) is 10.6 Å². The Bertz CT molecular complexity index is 698. The van der Waals surface area contributed by atoms with Crippen molar-refractivity contribution in [1.29, 1.82) is 0 Å². The summed E-state index contributed by atoms with van der Waals surface area (Å²) in [4.78, 5) is 4.44. The molecule has 0 aromatic heterocycles. The van der Waals surface area contributed by atoms with E-state index in [0.29, 0.717) is 17.0 Å². The highest BCUT2D eigenvalue weighted by Gasteiger charge is 2.16. The number of hydrogen-bond donors (Lipinski definition) is 2. The number of halogens is 2. The van der Waals surface area contributed by atoms with Gasteiger partial charge in [-0.1, -0.05) is 37.4 Å². The van der Waals surface area contributed by atoms with Crippen LogP contribution in [-0.4, -0.2) is 44.1 Å². The van der Waals surface area contributed by atoms with Crippen LogP contribution in [0, 0.1) is 5.92 Å². The Morgan fingerprint density at radius 3 is 2.45 bits per heavy atom. The second kappa shape index (κ2) is 14.0. The van der Waals surface area contributed by atoms with Crippen molar-refractivity contribution in [3.63, 3.8) is 0 Å². The van der Waals surface area contributed by atoms with Gasteiger partial charge in [0.2, 0.25) is 0 Å². The zero-order valence-corrected chi connectivity index (χ0v) is 20.9. The highest BCUT2D eigenvalue weighted by molar-refractivity contribution is 6.32. The summed E-state index contributed by atoms with van der Waals surface area (Å²) in [5, 5.41) is 7.45. The maximum absolute atomic E-state index is 6.63. The van der Waals surface area contributed by atoms with Crippen molar-refractivity contribution in [3.8, 4) is 0 Å². The Hall–Kier alpha value is -1.23. The monoisotopic (exact) mass is 467 g/mol. The summed E-state index contributed by atoms with van der Waals surface area (Å²) < 4.78 is 5.41. The highest BCUT2D eigenvalue weighted by Crippen LogP contribution is 2.25. The van der Waals surface area contributed by atoms with E-state index >= 15 is 0 Å². The summed E-state index contributed by atoms with van der Waals surface area (Å²) in [6, 6.07) is 0.486. The minimum absolute atomic E-state index is 0.179. The summed E-state index contributed by atoms with van der Waals surface area (Å²) in [6.45, 7) is 10.7. The molecule has 6 heteroatoms. The second-order valence-electron chi connectivity index (χ2n) is 8.57. The molecular formula is C25H39Cl2N3O. The smallest absolute Gasteiger partial charge is 0.121 e. The molecule has 0 spiro atoms. The first-order valence-electron chi connectivity index (χ1n) is 11.5. The molecule has 1 aliphatic carbocycles. The molecule has 4 nitrogen and oxygen atoms in total. The van der Waals surface area contributed by atoms with Crippen LogP contribution in [0.25, 0.3) is 0 Å². The number of nitrogens with one attached hydrogen (secondary N) is 2. The maximum atomic E-state index is 6.63. The van der Waals surface area contributed by atoms with E-state index in [-0.39, 0.29) is 5.38 Å². The average Bonchev–Trinajstić information content (AvgIpc) is 2.79. The Kier molecular flexibility index (Phi) is 11.8. The largest absolute Gasteiger partial charge is 0.385 e.